The highest BCUT2D eigenvalue weighted by Gasteiger charge is 2.27. The maximum absolute atomic E-state index is 12.5. The van der Waals surface area contributed by atoms with Crippen LogP contribution in [0.15, 0.2) is 24.3 Å². The lowest BCUT2D eigenvalue weighted by Gasteiger charge is -2.31. The van der Waals surface area contributed by atoms with E-state index in [4.69, 9.17) is 11.6 Å². The van der Waals surface area contributed by atoms with Crippen LogP contribution < -0.4 is 5.32 Å². The van der Waals surface area contributed by atoms with Crippen LogP contribution in [0.3, 0.4) is 0 Å². The van der Waals surface area contributed by atoms with E-state index in [-0.39, 0.29) is 17.9 Å². The topological polar surface area (TPSA) is 32.3 Å². The van der Waals surface area contributed by atoms with Crippen molar-refractivity contribution in [1.29, 1.82) is 0 Å². The first-order chi connectivity index (χ1) is 9.11. The molecule has 1 heterocycles. The second-order valence-electron chi connectivity index (χ2n) is 5.17. The van der Waals surface area contributed by atoms with Gasteiger partial charge >= 0.3 is 0 Å². The zero-order valence-corrected chi connectivity index (χ0v) is 12.3. The summed E-state index contributed by atoms with van der Waals surface area (Å²) < 4.78 is 0. The number of carbonyl (C=O) groups excluding carboxylic acids is 1. The van der Waals surface area contributed by atoms with E-state index in [1.54, 1.807) is 0 Å². The molecule has 0 saturated carbocycles. The van der Waals surface area contributed by atoms with Gasteiger partial charge in [-0.25, -0.2) is 0 Å². The number of amides is 1. The highest BCUT2D eigenvalue weighted by atomic mass is 35.5. The van der Waals surface area contributed by atoms with Crippen molar-refractivity contribution in [1.82, 2.24) is 10.2 Å². The van der Waals surface area contributed by atoms with Crippen molar-refractivity contribution in [2.75, 3.05) is 20.1 Å². The van der Waals surface area contributed by atoms with Crippen molar-refractivity contribution in [2.24, 2.45) is 5.92 Å². The van der Waals surface area contributed by atoms with Crippen LogP contribution in [0.5, 0.6) is 0 Å². The Morgan fingerprint density at radius 1 is 1.37 bits per heavy atom. The first kappa shape index (κ1) is 14.4. The third-order valence-electron chi connectivity index (χ3n) is 3.97. The summed E-state index contributed by atoms with van der Waals surface area (Å²) in [6.07, 6.45) is 1.86. The van der Waals surface area contributed by atoms with Crippen molar-refractivity contribution >= 4 is 17.5 Å². The molecule has 1 aliphatic rings. The van der Waals surface area contributed by atoms with E-state index in [0.29, 0.717) is 0 Å². The van der Waals surface area contributed by atoms with Gasteiger partial charge in [-0.15, -0.1) is 0 Å². The van der Waals surface area contributed by atoms with E-state index in [0.717, 1.165) is 36.5 Å². The number of hydrogen-bond acceptors (Lipinski definition) is 2. The fourth-order valence-electron chi connectivity index (χ4n) is 2.57. The van der Waals surface area contributed by atoms with E-state index >= 15 is 0 Å². The Morgan fingerprint density at radius 3 is 2.63 bits per heavy atom. The summed E-state index contributed by atoms with van der Waals surface area (Å²) in [6, 6.07) is 7.74. The molecule has 4 heteroatoms. The third kappa shape index (κ3) is 3.28. The predicted molar refractivity (Wildman–Crippen MR) is 78.2 cm³/mol. The number of piperidine rings is 1. The number of carbonyl (C=O) groups is 1. The zero-order valence-electron chi connectivity index (χ0n) is 11.5. The van der Waals surface area contributed by atoms with Gasteiger partial charge in [-0.3, -0.25) is 4.79 Å². The molecule has 0 radical (unpaired) electrons. The van der Waals surface area contributed by atoms with Gasteiger partial charge in [0.25, 0.3) is 0 Å². The fourth-order valence-corrected chi connectivity index (χ4v) is 2.86. The first-order valence-electron chi connectivity index (χ1n) is 6.83. The molecule has 0 unspecified atom stereocenters. The van der Waals surface area contributed by atoms with Crippen LogP contribution in [0.2, 0.25) is 5.02 Å². The Bertz CT molecular complexity index is 444. The van der Waals surface area contributed by atoms with Crippen molar-refractivity contribution < 1.29 is 4.79 Å². The van der Waals surface area contributed by atoms with Gasteiger partial charge in [0.1, 0.15) is 0 Å². The number of nitrogens with one attached hydrogen (secondary N) is 1. The molecule has 3 nitrogen and oxygen atoms in total. The van der Waals surface area contributed by atoms with E-state index in [9.17, 15) is 4.79 Å². The second-order valence-corrected chi connectivity index (χ2v) is 5.58. The molecule has 0 aromatic heterocycles. The largest absolute Gasteiger partial charge is 0.339 e. The molecular weight excluding hydrogens is 260 g/mol. The van der Waals surface area contributed by atoms with E-state index in [1.165, 1.54) is 0 Å². The highest BCUT2D eigenvalue weighted by molar-refractivity contribution is 6.31. The van der Waals surface area contributed by atoms with Crippen molar-refractivity contribution in [3.8, 4) is 0 Å². The lowest BCUT2D eigenvalue weighted by Crippen LogP contribution is -2.40. The molecule has 1 aliphatic heterocycles. The molecule has 1 amide bonds. The molecule has 1 N–H and O–H groups in total. The summed E-state index contributed by atoms with van der Waals surface area (Å²) in [5.41, 5.74) is 1.01. The molecule has 19 heavy (non-hydrogen) atoms. The average molecular weight is 281 g/mol. The number of rotatable bonds is 3. The summed E-state index contributed by atoms with van der Waals surface area (Å²) in [6.45, 7) is 3.90. The Hall–Kier alpha value is -1.06. The fraction of sp³-hybridized carbons (Fsp3) is 0.533. The first-order valence-corrected chi connectivity index (χ1v) is 7.21. The van der Waals surface area contributed by atoms with Crippen LogP contribution >= 0.6 is 11.6 Å². The molecule has 1 fully saturated rings. The lowest BCUT2D eigenvalue weighted by atomic mass is 9.95. The van der Waals surface area contributed by atoms with Crippen LogP contribution in [0.4, 0.5) is 0 Å². The van der Waals surface area contributed by atoms with Gasteiger partial charge in [-0.1, -0.05) is 29.8 Å². The van der Waals surface area contributed by atoms with Crippen LogP contribution in [-0.4, -0.2) is 30.9 Å². The van der Waals surface area contributed by atoms with Gasteiger partial charge in [0, 0.05) is 18.0 Å². The molecule has 1 aromatic rings. The van der Waals surface area contributed by atoms with Crippen LogP contribution in [0.1, 0.15) is 31.4 Å². The van der Waals surface area contributed by atoms with Gasteiger partial charge < -0.3 is 10.2 Å². The maximum atomic E-state index is 12.5. The van der Waals surface area contributed by atoms with Gasteiger partial charge in [-0.2, -0.15) is 0 Å². The average Bonchev–Trinajstić information content (AvgIpc) is 2.46. The third-order valence-corrected chi connectivity index (χ3v) is 4.32. The summed E-state index contributed by atoms with van der Waals surface area (Å²) in [7, 11) is 1.87. The highest BCUT2D eigenvalue weighted by Crippen LogP contribution is 2.28. The molecule has 2 rings (SSSR count). The summed E-state index contributed by atoms with van der Waals surface area (Å²) >= 11 is 6.21. The summed E-state index contributed by atoms with van der Waals surface area (Å²) in [5, 5.41) is 4.01. The van der Waals surface area contributed by atoms with Crippen LogP contribution in [0, 0.1) is 5.92 Å². The molecule has 104 valence electrons. The SMILES string of the molecule is C[C@H](c1ccccc1Cl)N(C)C(=O)C1CCNCC1. The Morgan fingerprint density at radius 2 is 2.00 bits per heavy atom. The van der Waals surface area contributed by atoms with Gasteiger partial charge in [0.2, 0.25) is 5.91 Å². The second kappa shape index (κ2) is 6.40. The van der Waals surface area contributed by atoms with Crippen molar-refractivity contribution in [2.45, 2.75) is 25.8 Å². The minimum absolute atomic E-state index is 0.0103. The number of benzene rings is 1. The van der Waals surface area contributed by atoms with E-state index in [1.807, 2.05) is 43.1 Å². The number of hydrogen-bond donors (Lipinski definition) is 1. The predicted octanol–water partition coefficient (Wildman–Crippen LogP) is 2.86. The van der Waals surface area contributed by atoms with Gasteiger partial charge in [0.05, 0.1) is 6.04 Å². The Balaban J connectivity index is 2.08. The maximum Gasteiger partial charge on any atom is 0.226 e. The van der Waals surface area contributed by atoms with Gasteiger partial charge in [0.15, 0.2) is 0 Å². The quantitative estimate of drug-likeness (QED) is 0.923. The van der Waals surface area contributed by atoms with Crippen LogP contribution in [0.25, 0.3) is 0 Å². The summed E-state index contributed by atoms with van der Waals surface area (Å²) in [5.74, 6) is 0.380. The number of halogens is 1. The minimum Gasteiger partial charge on any atom is -0.339 e. The standard InChI is InChI=1S/C15H21ClN2O/c1-11(13-5-3-4-6-14(13)16)18(2)15(19)12-7-9-17-10-8-12/h3-6,11-12,17H,7-10H2,1-2H3/t11-/m1/s1. The lowest BCUT2D eigenvalue weighted by molar-refractivity contribution is -0.137. The number of nitrogens with zero attached hydrogens (tertiary/aromatic N) is 1. The summed E-state index contributed by atoms with van der Waals surface area (Å²) in [4.78, 5) is 14.3. The molecule has 1 atom stereocenters. The molecular formula is C15H21ClN2O. The smallest absolute Gasteiger partial charge is 0.226 e. The zero-order chi connectivity index (χ0) is 13.8. The monoisotopic (exact) mass is 280 g/mol. The Kier molecular flexibility index (Phi) is 4.83. The van der Waals surface area contributed by atoms with Crippen LogP contribution in [-0.2, 0) is 4.79 Å². The van der Waals surface area contributed by atoms with E-state index < -0.39 is 0 Å². The molecule has 1 aromatic carbocycles. The van der Waals surface area contributed by atoms with E-state index in [2.05, 4.69) is 5.32 Å². The van der Waals surface area contributed by atoms with Crippen molar-refractivity contribution in [3.05, 3.63) is 34.9 Å². The van der Waals surface area contributed by atoms with Gasteiger partial charge in [-0.05, 0) is 44.5 Å². The normalized spacial score (nSPS) is 18.1. The minimum atomic E-state index is 0.0103. The molecule has 0 bridgehead atoms. The van der Waals surface area contributed by atoms with Crippen molar-refractivity contribution in [3.63, 3.8) is 0 Å². The molecule has 1 saturated heterocycles. The Labute approximate surface area is 119 Å². The molecule has 0 spiro atoms. The molecule has 0 aliphatic carbocycles.